The van der Waals surface area contributed by atoms with Gasteiger partial charge in [-0.2, -0.15) is 0 Å². The number of aromatic carboxylic acids is 1. The van der Waals surface area contributed by atoms with Crippen LogP contribution in [-0.2, 0) is 17.9 Å². The number of hydrogen-bond acceptors (Lipinski definition) is 5. The summed E-state index contributed by atoms with van der Waals surface area (Å²) in [6, 6.07) is 7.10. The van der Waals surface area contributed by atoms with Gasteiger partial charge in [-0.25, -0.2) is 9.48 Å². The van der Waals surface area contributed by atoms with E-state index in [2.05, 4.69) is 10.3 Å². The third-order valence-electron chi connectivity index (χ3n) is 2.72. The molecule has 0 aliphatic rings. The Morgan fingerprint density at radius 1 is 1.43 bits per heavy atom. The molecule has 0 atom stereocenters. The van der Waals surface area contributed by atoms with Crippen LogP contribution in [-0.4, -0.2) is 39.8 Å². The number of aromatic nitrogens is 3. The van der Waals surface area contributed by atoms with Crippen molar-refractivity contribution in [2.75, 3.05) is 13.7 Å². The highest BCUT2D eigenvalue weighted by Gasteiger charge is 2.18. The number of carbonyl (C=O) groups is 1. The molecule has 0 spiro atoms. The van der Waals surface area contributed by atoms with Gasteiger partial charge in [-0.1, -0.05) is 28.9 Å². The molecule has 7 nitrogen and oxygen atoms in total. The molecule has 0 bridgehead atoms. The number of rotatable bonds is 7. The number of carboxylic acids is 1. The smallest absolute Gasteiger partial charge is 0.358 e. The van der Waals surface area contributed by atoms with Crippen molar-refractivity contribution >= 4 is 17.6 Å². The van der Waals surface area contributed by atoms with Crippen LogP contribution < -0.4 is 4.74 Å². The number of methoxy groups -OCH3 is 1. The Balaban J connectivity index is 2.03. The number of benzene rings is 1. The van der Waals surface area contributed by atoms with E-state index >= 15 is 0 Å². The summed E-state index contributed by atoms with van der Waals surface area (Å²) in [5.41, 5.74) is 0.280. The van der Waals surface area contributed by atoms with Crippen molar-refractivity contribution in [2.45, 2.75) is 13.2 Å². The lowest BCUT2D eigenvalue weighted by Crippen LogP contribution is -2.14. The average molecular weight is 312 g/mol. The number of halogens is 1. The second-order valence-electron chi connectivity index (χ2n) is 4.12. The van der Waals surface area contributed by atoms with E-state index in [-0.39, 0.29) is 18.9 Å². The van der Waals surface area contributed by atoms with Gasteiger partial charge in [0.1, 0.15) is 12.4 Å². The first-order valence-corrected chi connectivity index (χ1v) is 6.53. The standard InChI is InChI=1S/C13H14ClN3O4/c1-20-8-10-12(13(18)19)15-16-17(10)6-7-21-11-5-3-2-4-9(11)14/h2-5H,6-8H2,1H3,(H,18,19). The maximum Gasteiger partial charge on any atom is 0.358 e. The lowest BCUT2D eigenvalue weighted by Gasteiger charge is -2.09. The Bertz CT molecular complexity index is 630. The molecule has 2 aromatic rings. The molecule has 1 aromatic carbocycles. The topological polar surface area (TPSA) is 86.5 Å². The fraction of sp³-hybridized carbons (Fsp3) is 0.308. The van der Waals surface area contributed by atoms with E-state index in [9.17, 15) is 4.79 Å². The van der Waals surface area contributed by atoms with E-state index in [1.165, 1.54) is 11.8 Å². The van der Waals surface area contributed by atoms with E-state index in [0.717, 1.165) is 0 Å². The van der Waals surface area contributed by atoms with Crippen molar-refractivity contribution in [1.82, 2.24) is 15.0 Å². The predicted molar refractivity (Wildman–Crippen MR) is 74.6 cm³/mol. The van der Waals surface area contributed by atoms with Gasteiger partial charge in [0.2, 0.25) is 0 Å². The van der Waals surface area contributed by atoms with Gasteiger partial charge in [0.15, 0.2) is 5.69 Å². The van der Waals surface area contributed by atoms with Gasteiger partial charge in [-0.15, -0.1) is 5.10 Å². The molecular formula is C13H14ClN3O4. The molecule has 0 saturated carbocycles. The van der Waals surface area contributed by atoms with Gasteiger partial charge in [-0.3, -0.25) is 0 Å². The van der Waals surface area contributed by atoms with E-state index < -0.39 is 5.97 Å². The highest BCUT2D eigenvalue weighted by atomic mass is 35.5. The zero-order valence-electron chi connectivity index (χ0n) is 11.3. The quantitative estimate of drug-likeness (QED) is 0.840. The van der Waals surface area contributed by atoms with Crippen molar-refractivity contribution in [3.05, 3.63) is 40.7 Å². The summed E-state index contributed by atoms with van der Waals surface area (Å²) >= 11 is 5.98. The maximum atomic E-state index is 11.0. The SMILES string of the molecule is COCc1c(C(=O)O)nnn1CCOc1ccccc1Cl. The highest BCUT2D eigenvalue weighted by molar-refractivity contribution is 6.32. The van der Waals surface area contributed by atoms with Crippen LogP contribution in [0.5, 0.6) is 5.75 Å². The molecule has 0 radical (unpaired) electrons. The molecular weight excluding hydrogens is 298 g/mol. The van der Waals surface area contributed by atoms with Crippen molar-refractivity contribution in [1.29, 1.82) is 0 Å². The van der Waals surface area contributed by atoms with Gasteiger partial charge in [-0.05, 0) is 12.1 Å². The summed E-state index contributed by atoms with van der Waals surface area (Å²) in [6.45, 7) is 0.730. The molecule has 21 heavy (non-hydrogen) atoms. The zero-order chi connectivity index (χ0) is 15.2. The first-order chi connectivity index (χ1) is 10.1. The Hall–Kier alpha value is -2.12. The molecule has 1 N–H and O–H groups in total. The van der Waals surface area contributed by atoms with Gasteiger partial charge in [0.25, 0.3) is 0 Å². The van der Waals surface area contributed by atoms with E-state index in [0.29, 0.717) is 23.0 Å². The van der Waals surface area contributed by atoms with Gasteiger partial charge in [0.05, 0.1) is 23.9 Å². The highest BCUT2D eigenvalue weighted by Crippen LogP contribution is 2.23. The molecule has 112 valence electrons. The van der Waals surface area contributed by atoms with E-state index in [1.54, 1.807) is 12.1 Å². The summed E-state index contributed by atoms with van der Waals surface area (Å²) in [6.07, 6.45) is 0. The number of hydrogen-bond donors (Lipinski definition) is 1. The number of nitrogens with zero attached hydrogens (tertiary/aromatic N) is 3. The molecule has 1 aromatic heterocycles. The van der Waals surface area contributed by atoms with Crippen molar-refractivity contribution in [3.63, 3.8) is 0 Å². The first-order valence-electron chi connectivity index (χ1n) is 6.15. The molecule has 0 amide bonds. The molecule has 0 aliphatic heterocycles. The summed E-state index contributed by atoms with van der Waals surface area (Å²) in [7, 11) is 1.48. The van der Waals surface area contributed by atoms with Crippen LogP contribution in [0.25, 0.3) is 0 Å². The minimum atomic E-state index is -1.14. The molecule has 0 aliphatic carbocycles. The van der Waals surface area contributed by atoms with Gasteiger partial charge in [0, 0.05) is 7.11 Å². The Kier molecular flexibility index (Phi) is 5.13. The lowest BCUT2D eigenvalue weighted by atomic mass is 10.3. The number of para-hydroxylation sites is 1. The second-order valence-corrected chi connectivity index (χ2v) is 4.53. The minimum Gasteiger partial charge on any atom is -0.490 e. The van der Waals surface area contributed by atoms with E-state index in [4.69, 9.17) is 26.2 Å². The summed E-state index contributed by atoms with van der Waals surface area (Å²) in [5, 5.41) is 17.0. The molecule has 0 unspecified atom stereocenters. The number of ether oxygens (including phenoxy) is 2. The largest absolute Gasteiger partial charge is 0.490 e. The van der Waals surface area contributed by atoms with Crippen molar-refractivity contribution in [2.24, 2.45) is 0 Å². The monoisotopic (exact) mass is 311 g/mol. The van der Waals surface area contributed by atoms with Crippen LogP contribution in [0, 0.1) is 0 Å². The normalized spacial score (nSPS) is 10.6. The van der Waals surface area contributed by atoms with Crippen molar-refractivity contribution < 1.29 is 19.4 Å². The van der Waals surface area contributed by atoms with Crippen LogP contribution in [0.2, 0.25) is 5.02 Å². The Morgan fingerprint density at radius 2 is 2.19 bits per heavy atom. The molecule has 0 fully saturated rings. The summed E-state index contributed by atoms with van der Waals surface area (Å²) in [5.74, 6) is -0.577. The average Bonchev–Trinajstić information content (AvgIpc) is 2.85. The maximum absolute atomic E-state index is 11.0. The molecule has 0 saturated heterocycles. The van der Waals surface area contributed by atoms with Crippen LogP contribution in [0.4, 0.5) is 0 Å². The van der Waals surface area contributed by atoms with Crippen LogP contribution in [0.1, 0.15) is 16.2 Å². The van der Waals surface area contributed by atoms with Crippen LogP contribution >= 0.6 is 11.6 Å². The minimum absolute atomic E-state index is 0.112. The third kappa shape index (κ3) is 3.71. The third-order valence-corrected chi connectivity index (χ3v) is 3.03. The number of carboxylic acid groups (broad SMARTS) is 1. The molecule has 1 heterocycles. The molecule has 8 heteroatoms. The summed E-state index contributed by atoms with van der Waals surface area (Å²) in [4.78, 5) is 11.0. The van der Waals surface area contributed by atoms with Gasteiger partial charge >= 0.3 is 5.97 Å². The zero-order valence-corrected chi connectivity index (χ0v) is 12.1. The fourth-order valence-corrected chi connectivity index (χ4v) is 1.95. The summed E-state index contributed by atoms with van der Waals surface area (Å²) < 4.78 is 12.0. The van der Waals surface area contributed by atoms with E-state index in [1.807, 2.05) is 12.1 Å². The first kappa shape index (κ1) is 15.3. The van der Waals surface area contributed by atoms with Crippen LogP contribution in [0.15, 0.2) is 24.3 Å². The van der Waals surface area contributed by atoms with Crippen molar-refractivity contribution in [3.8, 4) is 5.75 Å². The molecule has 2 rings (SSSR count). The van der Waals surface area contributed by atoms with Gasteiger partial charge < -0.3 is 14.6 Å². The fourth-order valence-electron chi connectivity index (χ4n) is 1.76. The Labute approximate surface area is 126 Å². The van der Waals surface area contributed by atoms with Crippen LogP contribution in [0.3, 0.4) is 0 Å². The Morgan fingerprint density at radius 3 is 2.86 bits per heavy atom. The second kappa shape index (κ2) is 7.05. The predicted octanol–water partition coefficient (Wildman–Crippen LogP) is 1.86. The lowest BCUT2D eigenvalue weighted by molar-refractivity contribution is 0.0684.